The number of isocyanates is 1. The Balaban J connectivity index is 0.000000484. The summed E-state index contributed by atoms with van der Waals surface area (Å²) in [7, 11) is 0. The zero-order valence-corrected chi connectivity index (χ0v) is 48.1. The number of ether oxygens (including phenoxy) is 2. The maximum Gasteiger partial charge on any atom is 0.319 e. The predicted octanol–water partition coefficient (Wildman–Crippen LogP) is 8.74. The van der Waals surface area contributed by atoms with Crippen LogP contribution >= 0.6 is 0 Å². The summed E-state index contributed by atoms with van der Waals surface area (Å²) in [5.41, 5.74) is 7.31. The van der Waals surface area contributed by atoms with Crippen LogP contribution in [-0.4, -0.2) is 108 Å². The van der Waals surface area contributed by atoms with Gasteiger partial charge in [-0.1, -0.05) is 167 Å². The first-order valence-corrected chi connectivity index (χ1v) is 27.6. The van der Waals surface area contributed by atoms with E-state index in [1.54, 1.807) is 50.2 Å². The van der Waals surface area contributed by atoms with E-state index >= 15 is 0 Å². The standard InChI is InChI=1S/C31H42N4O5.C24H37N3O4.C7H5NO.2CH4/c1-20(2)16-24(27(36)31(5)19-40-31)33-29(38)26(18-22-12-8-6-9-13-22)34-28(37)25(17-21(3)4)35-30(39)32-23-14-10-7-11-15-23;1-15(2)11-18(25)22(29)27-20(13-17-9-7-6-8-10-17)23(30)26-19(12-16(3)4)21(28)24(5)14-31-24;9-6-8-7-4-2-1-3-5-7;;/h6-15,20-21,24-26H,16-19H2,1-5H3,(H,33,38)(H,34,37)(H2,32,35,39);6-10,15-16,18-20H,11-14,25H2,1-5H3,(H,26,30)(H,27,29);1-5H;2*1H4/t24-,25-,26-,31+;18-,19-,20-,24+;;;/m00.../s1. The fraction of sp³-hybridized carbons (Fsp3) is 0.500. The van der Waals surface area contributed by atoms with Crippen molar-refractivity contribution in [1.82, 2.24) is 26.6 Å². The van der Waals surface area contributed by atoms with Crippen LogP contribution in [0.4, 0.5) is 16.2 Å². The average Bonchev–Trinajstić information content (AvgIpc) is 4.47. The van der Waals surface area contributed by atoms with Gasteiger partial charge in [-0.3, -0.25) is 28.8 Å². The molecule has 0 saturated carbocycles. The minimum Gasteiger partial charge on any atom is -0.361 e. The van der Waals surface area contributed by atoms with Crippen LogP contribution in [0.25, 0.3) is 0 Å². The summed E-state index contributed by atoms with van der Waals surface area (Å²) in [6, 6.07) is 31.4. The summed E-state index contributed by atoms with van der Waals surface area (Å²) >= 11 is 0. The molecule has 8 atom stereocenters. The van der Waals surface area contributed by atoms with E-state index in [0.717, 1.165) is 11.1 Å². The Bertz CT molecular complexity index is 2660. The second kappa shape index (κ2) is 34.8. The molecule has 0 aromatic heterocycles. The number of hydrogen-bond acceptors (Lipinski definition) is 12. The molecule has 448 valence electrons. The van der Waals surface area contributed by atoms with Crippen molar-refractivity contribution in [3.63, 3.8) is 0 Å². The molecule has 82 heavy (non-hydrogen) atoms. The van der Waals surface area contributed by atoms with E-state index in [4.69, 9.17) is 15.2 Å². The fourth-order valence-electron chi connectivity index (χ4n) is 8.58. The second-order valence-corrected chi connectivity index (χ2v) is 22.6. The molecule has 0 aliphatic carbocycles. The number of carbonyl (C=O) groups excluding carboxylic acids is 8. The van der Waals surface area contributed by atoms with Gasteiger partial charge in [-0.15, -0.1) is 0 Å². The third kappa shape index (κ3) is 25.2. The number of anilines is 1. The molecule has 0 unspecified atom stereocenters. The van der Waals surface area contributed by atoms with Crippen molar-refractivity contribution in [2.45, 2.75) is 170 Å². The number of urea groups is 1. The summed E-state index contributed by atoms with van der Waals surface area (Å²) < 4.78 is 10.7. The molecule has 2 fully saturated rings. The molecule has 2 aliphatic heterocycles. The number of nitrogens with one attached hydrogen (secondary N) is 6. The van der Waals surface area contributed by atoms with Crippen LogP contribution in [0, 0.1) is 23.7 Å². The lowest BCUT2D eigenvalue weighted by molar-refractivity contribution is -0.133. The van der Waals surface area contributed by atoms with Crippen molar-refractivity contribution in [2.75, 3.05) is 18.5 Å². The van der Waals surface area contributed by atoms with E-state index < -0.39 is 71.2 Å². The average molecular weight is 1130 g/mol. The Morgan fingerprint density at radius 2 is 0.817 bits per heavy atom. The number of para-hydroxylation sites is 2. The second-order valence-electron chi connectivity index (χ2n) is 22.6. The largest absolute Gasteiger partial charge is 0.361 e. The van der Waals surface area contributed by atoms with Gasteiger partial charge in [0, 0.05) is 18.5 Å². The zero-order valence-electron chi connectivity index (χ0n) is 48.1. The van der Waals surface area contributed by atoms with Crippen LogP contribution in [-0.2, 0) is 55.9 Å². The van der Waals surface area contributed by atoms with Gasteiger partial charge in [0.2, 0.25) is 29.7 Å². The van der Waals surface area contributed by atoms with Crippen molar-refractivity contribution in [3.8, 4) is 0 Å². The molecule has 0 spiro atoms. The van der Waals surface area contributed by atoms with Crippen LogP contribution < -0.4 is 37.6 Å². The first kappa shape index (κ1) is 70.7. The van der Waals surface area contributed by atoms with E-state index in [2.05, 4.69) is 36.9 Å². The molecule has 4 aromatic carbocycles. The number of rotatable bonds is 27. The number of benzene rings is 4. The van der Waals surface area contributed by atoms with E-state index in [1.165, 1.54) is 6.08 Å². The summed E-state index contributed by atoms with van der Waals surface area (Å²) in [6.07, 6.45) is 3.84. The molecular weight excluding hydrogens is 1040 g/mol. The highest BCUT2D eigenvalue weighted by Gasteiger charge is 2.51. The number of nitrogens with zero attached hydrogens (tertiary/aromatic N) is 1. The number of carbonyl (C=O) groups is 7. The lowest BCUT2D eigenvalue weighted by Gasteiger charge is -2.27. The van der Waals surface area contributed by atoms with Gasteiger partial charge in [0.25, 0.3) is 0 Å². The number of epoxide rings is 2. The summed E-state index contributed by atoms with van der Waals surface area (Å²) in [6.45, 7) is 20.0. The predicted molar refractivity (Wildman–Crippen MR) is 323 cm³/mol. The highest BCUT2D eigenvalue weighted by molar-refractivity contribution is 6.00. The number of hydrogen-bond donors (Lipinski definition) is 7. The SMILES string of the molecule is C.C.CC(C)C[C@H](NC(=O)Nc1ccccc1)C(=O)N[C@@H](Cc1ccccc1)C(=O)N[C@@H](CC(C)C)C(=O)[C@@]1(C)CO1.CC(C)C[C@H](NC(=O)[C@H](Cc1ccccc1)NC(=O)[C@@H](N)CC(C)C)C(=O)[C@@]1(C)CO1.O=C=Nc1ccccc1. The lowest BCUT2D eigenvalue weighted by atomic mass is 9.93. The molecule has 4 aromatic rings. The maximum atomic E-state index is 13.6. The van der Waals surface area contributed by atoms with Crippen LogP contribution in [0.5, 0.6) is 0 Å². The van der Waals surface area contributed by atoms with Gasteiger partial charge in [-0.25, -0.2) is 9.59 Å². The number of ketones is 2. The number of Topliss-reactive ketones (excluding diaryl/α,β-unsaturated/α-hetero) is 2. The zero-order chi connectivity index (χ0) is 59.0. The van der Waals surface area contributed by atoms with Gasteiger partial charge in [-0.2, -0.15) is 4.99 Å². The number of nitrogens with two attached hydrogens (primary N) is 1. The van der Waals surface area contributed by atoms with Crippen LogP contribution in [0.2, 0.25) is 0 Å². The summed E-state index contributed by atoms with van der Waals surface area (Å²) in [4.78, 5) is 105. The van der Waals surface area contributed by atoms with Crippen molar-refractivity contribution in [1.29, 1.82) is 0 Å². The van der Waals surface area contributed by atoms with Crippen LogP contribution in [0.15, 0.2) is 126 Å². The van der Waals surface area contributed by atoms with E-state index in [0.29, 0.717) is 56.7 Å². The van der Waals surface area contributed by atoms with Crippen LogP contribution in [0.3, 0.4) is 0 Å². The molecule has 6 amide bonds. The molecular formula is C64H92N8O10. The number of aliphatic imine (C=N–C) groups is 1. The van der Waals surface area contributed by atoms with Crippen LogP contribution in [0.1, 0.15) is 121 Å². The van der Waals surface area contributed by atoms with Gasteiger partial charge in [0.05, 0.1) is 37.0 Å². The Morgan fingerprint density at radius 3 is 1.18 bits per heavy atom. The van der Waals surface area contributed by atoms with Gasteiger partial charge in [0.1, 0.15) is 29.3 Å². The Labute approximate surface area is 486 Å². The summed E-state index contributed by atoms with van der Waals surface area (Å²) in [5, 5.41) is 16.9. The van der Waals surface area contributed by atoms with E-state index in [9.17, 15) is 38.4 Å². The van der Waals surface area contributed by atoms with Crippen molar-refractivity contribution in [2.24, 2.45) is 34.4 Å². The van der Waals surface area contributed by atoms with Gasteiger partial charge >= 0.3 is 6.03 Å². The minimum atomic E-state index is -0.959. The topological polar surface area (TPSA) is 272 Å². The monoisotopic (exact) mass is 1130 g/mol. The summed E-state index contributed by atoms with van der Waals surface area (Å²) in [5.74, 6) is -1.27. The molecule has 2 aliphatic rings. The van der Waals surface area contributed by atoms with E-state index in [1.807, 2.05) is 140 Å². The Morgan fingerprint density at radius 1 is 0.488 bits per heavy atom. The molecule has 18 nitrogen and oxygen atoms in total. The Hall–Kier alpha value is -7.37. The highest BCUT2D eigenvalue weighted by Crippen LogP contribution is 2.31. The quantitative estimate of drug-likeness (QED) is 0.0168. The molecule has 2 saturated heterocycles. The highest BCUT2D eigenvalue weighted by atomic mass is 16.6. The Kier molecular flexibility index (Phi) is 30.0. The molecule has 0 bridgehead atoms. The smallest absolute Gasteiger partial charge is 0.319 e. The van der Waals surface area contributed by atoms with Crippen molar-refractivity contribution in [3.05, 3.63) is 132 Å². The molecule has 0 radical (unpaired) electrons. The molecule has 18 heteroatoms. The number of amides is 6. The maximum absolute atomic E-state index is 13.6. The third-order valence-electron chi connectivity index (χ3n) is 13.1. The van der Waals surface area contributed by atoms with Gasteiger partial charge in [0.15, 0.2) is 11.6 Å². The van der Waals surface area contributed by atoms with Crippen molar-refractivity contribution >= 4 is 58.7 Å². The van der Waals surface area contributed by atoms with Crippen molar-refractivity contribution < 1.29 is 47.8 Å². The lowest BCUT2D eigenvalue weighted by Crippen LogP contribution is -2.57. The molecule has 6 rings (SSSR count). The fourth-order valence-corrected chi connectivity index (χ4v) is 8.58. The third-order valence-corrected chi connectivity index (χ3v) is 13.1. The molecule has 2 heterocycles. The van der Waals surface area contributed by atoms with Gasteiger partial charge in [-0.05, 0) is 98.6 Å². The van der Waals surface area contributed by atoms with Gasteiger partial charge < -0.3 is 47.1 Å². The first-order chi connectivity index (χ1) is 37.9. The van der Waals surface area contributed by atoms with E-state index in [-0.39, 0.29) is 62.4 Å². The molecule has 8 N–H and O–H groups in total. The normalized spacial score (nSPS) is 17.7. The minimum absolute atomic E-state index is 0. The first-order valence-electron chi connectivity index (χ1n) is 27.6.